The van der Waals surface area contributed by atoms with Crippen molar-refractivity contribution in [1.29, 1.82) is 5.26 Å². The Morgan fingerprint density at radius 3 is 2.86 bits per heavy atom. The molecule has 3 aromatic rings. The topological polar surface area (TPSA) is 121 Å². The first kappa shape index (κ1) is 18.3. The Labute approximate surface area is 162 Å². The second kappa shape index (κ2) is 6.85. The Morgan fingerprint density at radius 2 is 2.14 bits per heavy atom. The number of nitrogens with one attached hydrogen (secondary N) is 1. The number of aromatic amines is 1. The van der Waals surface area contributed by atoms with E-state index in [-0.39, 0.29) is 6.42 Å². The van der Waals surface area contributed by atoms with Crippen molar-refractivity contribution < 1.29 is 8.42 Å². The van der Waals surface area contributed by atoms with Gasteiger partial charge in [0, 0.05) is 41.8 Å². The molecule has 4 rings (SSSR count). The van der Waals surface area contributed by atoms with Gasteiger partial charge in [-0.3, -0.25) is 4.68 Å². The van der Waals surface area contributed by atoms with Gasteiger partial charge in [0.25, 0.3) is 0 Å². The number of nitrogens with zero attached hydrogens (tertiary/aromatic N) is 6. The van der Waals surface area contributed by atoms with Crippen LogP contribution in [0.3, 0.4) is 0 Å². The van der Waals surface area contributed by atoms with Gasteiger partial charge in [-0.25, -0.2) is 18.4 Å². The van der Waals surface area contributed by atoms with Gasteiger partial charge in [0.2, 0.25) is 10.0 Å². The molecule has 9 nitrogen and oxygen atoms in total. The van der Waals surface area contributed by atoms with Crippen molar-refractivity contribution in [2.24, 2.45) is 0 Å². The highest BCUT2D eigenvalue weighted by atomic mass is 32.2. The van der Waals surface area contributed by atoms with E-state index in [0.29, 0.717) is 25.9 Å². The highest BCUT2D eigenvalue weighted by molar-refractivity contribution is 7.92. The molecule has 0 aromatic carbocycles. The summed E-state index contributed by atoms with van der Waals surface area (Å²) in [6.07, 6.45) is 8.15. The quantitative estimate of drug-likeness (QED) is 0.703. The maximum Gasteiger partial charge on any atom is 0.235 e. The summed E-state index contributed by atoms with van der Waals surface area (Å²) in [6, 6.07) is 4.15. The van der Waals surface area contributed by atoms with Gasteiger partial charge in [-0.1, -0.05) is 6.58 Å². The maximum absolute atomic E-state index is 12.1. The normalized spacial score (nSPS) is 17.4. The van der Waals surface area contributed by atoms with E-state index in [1.807, 2.05) is 12.3 Å². The highest BCUT2D eigenvalue weighted by Crippen LogP contribution is 2.35. The van der Waals surface area contributed by atoms with E-state index in [9.17, 15) is 13.7 Å². The molecule has 144 valence electrons. The molecule has 0 saturated carbocycles. The first-order valence-electron chi connectivity index (χ1n) is 8.82. The molecule has 0 unspecified atom stereocenters. The fourth-order valence-corrected chi connectivity index (χ4v) is 4.61. The van der Waals surface area contributed by atoms with Gasteiger partial charge in [0.15, 0.2) is 0 Å². The summed E-state index contributed by atoms with van der Waals surface area (Å²) < 4.78 is 27.3. The van der Waals surface area contributed by atoms with Crippen molar-refractivity contribution in [3.05, 3.63) is 43.0 Å². The number of H-pyrrole nitrogens is 1. The zero-order chi connectivity index (χ0) is 19.8. The van der Waals surface area contributed by atoms with Crippen LogP contribution < -0.4 is 0 Å². The van der Waals surface area contributed by atoms with Crippen LogP contribution in [0.25, 0.3) is 22.3 Å². The Balaban J connectivity index is 1.67. The number of sulfonamides is 1. The van der Waals surface area contributed by atoms with E-state index in [2.05, 4.69) is 32.7 Å². The fraction of sp³-hybridized carbons (Fsp3) is 0.333. The second-order valence-corrected chi connectivity index (χ2v) is 8.69. The molecule has 1 aliphatic rings. The molecule has 10 heteroatoms. The Bertz CT molecular complexity index is 1160. The lowest BCUT2D eigenvalue weighted by atomic mass is 9.85. The van der Waals surface area contributed by atoms with Gasteiger partial charge in [-0.15, -0.1) is 0 Å². The van der Waals surface area contributed by atoms with Crippen molar-refractivity contribution in [1.82, 2.24) is 29.0 Å². The Hall–Kier alpha value is -3.03. The van der Waals surface area contributed by atoms with Crippen LogP contribution in [0.15, 0.2) is 43.0 Å². The smallest absolute Gasteiger partial charge is 0.235 e. The monoisotopic (exact) mass is 397 g/mol. The minimum absolute atomic E-state index is 0.249. The molecule has 0 aliphatic carbocycles. The van der Waals surface area contributed by atoms with Crippen molar-refractivity contribution >= 4 is 21.1 Å². The number of hydrogen-bond donors (Lipinski definition) is 1. The molecular weight excluding hydrogens is 378 g/mol. The van der Waals surface area contributed by atoms with Crippen LogP contribution in [0.1, 0.15) is 19.3 Å². The van der Waals surface area contributed by atoms with E-state index in [0.717, 1.165) is 27.7 Å². The summed E-state index contributed by atoms with van der Waals surface area (Å²) in [4.78, 5) is 11.6. The van der Waals surface area contributed by atoms with Crippen molar-refractivity contribution in [3.63, 3.8) is 0 Å². The highest BCUT2D eigenvalue weighted by Gasteiger charge is 2.39. The third kappa shape index (κ3) is 2.98. The lowest BCUT2D eigenvalue weighted by Crippen LogP contribution is -2.47. The molecule has 3 aromatic heterocycles. The van der Waals surface area contributed by atoms with E-state index in [1.165, 1.54) is 10.6 Å². The van der Waals surface area contributed by atoms with Crippen LogP contribution in [-0.2, 0) is 15.6 Å². The number of hydrogen-bond acceptors (Lipinski definition) is 6. The SMILES string of the molecule is C=CS(=O)(=O)N1CCC(CC#N)(n2cc(-c3ncnc4[nH]ccc34)cn2)CC1. The third-order valence-corrected chi connectivity index (χ3v) is 6.83. The average Bonchev–Trinajstić information content (AvgIpc) is 3.38. The Kier molecular flexibility index (Phi) is 4.49. The van der Waals surface area contributed by atoms with Crippen LogP contribution in [0.5, 0.6) is 0 Å². The number of rotatable bonds is 5. The Morgan fingerprint density at radius 1 is 1.36 bits per heavy atom. The molecule has 0 spiro atoms. The van der Waals surface area contributed by atoms with Crippen LogP contribution in [-0.4, -0.2) is 50.5 Å². The summed E-state index contributed by atoms with van der Waals surface area (Å²) in [5, 5.41) is 15.8. The fourth-order valence-electron chi connectivity index (χ4n) is 3.70. The first-order chi connectivity index (χ1) is 13.5. The van der Waals surface area contributed by atoms with Gasteiger partial charge in [0.1, 0.15) is 12.0 Å². The lowest BCUT2D eigenvalue weighted by molar-refractivity contribution is 0.148. The standard InChI is InChI=1S/C18H19N7O2S/c1-2-28(26,27)24-9-5-18(4-7-19,6-10-24)25-12-14(11-23-25)16-15-3-8-20-17(15)22-13-21-16/h2-3,8,11-13H,1,4-6,9-10H2,(H,20,21,22). The van der Waals surface area contributed by atoms with Crippen molar-refractivity contribution in [2.75, 3.05) is 13.1 Å². The van der Waals surface area contributed by atoms with Crippen LogP contribution >= 0.6 is 0 Å². The zero-order valence-electron chi connectivity index (χ0n) is 15.1. The molecule has 1 aliphatic heterocycles. The minimum atomic E-state index is -3.46. The van der Waals surface area contributed by atoms with E-state index in [1.54, 1.807) is 17.1 Å². The molecular formula is C18H19N7O2S. The number of nitriles is 1. The summed E-state index contributed by atoms with van der Waals surface area (Å²) in [5.41, 5.74) is 1.78. The maximum atomic E-state index is 12.1. The van der Waals surface area contributed by atoms with Gasteiger partial charge in [-0.05, 0) is 18.9 Å². The predicted molar refractivity (Wildman–Crippen MR) is 103 cm³/mol. The lowest BCUT2D eigenvalue weighted by Gasteiger charge is -2.39. The van der Waals surface area contributed by atoms with E-state index in [4.69, 9.17) is 0 Å². The molecule has 0 amide bonds. The average molecular weight is 397 g/mol. The number of fused-ring (bicyclic) bond motifs is 1. The van der Waals surface area contributed by atoms with Crippen molar-refractivity contribution in [3.8, 4) is 17.3 Å². The minimum Gasteiger partial charge on any atom is -0.346 e. The first-order valence-corrected chi connectivity index (χ1v) is 10.3. The summed E-state index contributed by atoms with van der Waals surface area (Å²) in [7, 11) is -3.46. The molecule has 1 fully saturated rings. The number of aromatic nitrogens is 5. The van der Waals surface area contributed by atoms with E-state index >= 15 is 0 Å². The molecule has 1 N–H and O–H groups in total. The van der Waals surface area contributed by atoms with Gasteiger partial charge < -0.3 is 4.98 Å². The molecule has 28 heavy (non-hydrogen) atoms. The summed E-state index contributed by atoms with van der Waals surface area (Å²) in [5.74, 6) is 0. The van der Waals surface area contributed by atoms with Gasteiger partial charge >= 0.3 is 0 Å². The summed E-state index contributed by atoms with van der Waals surface area (Å²) in [6.45, 7) is 4.02. The van der Waals surface area contributed by atoms with Crippen molar-refractivity contribution in [2.45, 2.75) is 24.8 Å². The molecule has 4 heterocycles. The van der Waals surface area contributed by atoms with Crippen LogP contribution in [0.2, 0.25) is 0 Å². The van der Waals surface area contributed by atoms with Gasteiger partial charge in [-0.2, -0.15) is 14.7 Å². The summed E-state index contributed by atoms with van der Waals surface area (Å²) >= 11 is 0. The van der Waals surface area contributed by atoms with Crippen LogP contribution in [0.4, 0.5) is 0 Å². The van der Waals surface area contributed by atoms with Crippen LogP contribution in [0, 0.1) is 11.3 Å². The molecule has 0 bridgehead atoms. The molecule has 0 radical (unpaired) electrons. The largest absolute Gasteiger partial charge is 0.346 e. The third-order valence-electron chi connectivity index (χ3n) is 5.33. The number of piperidine rings is 1. The zero-order valence-corrected chi connectivity index (χ0v) is 15.9. The van der Waals surface area contributed by atoms with E-state index < -0.39 is 15.6 Å². The molecule has 0 atom stereocenters. The predicted octanol–water partition coefficient (Wildman–Crippen LogP) is 2.00. The van der Waals surface area contributed by atoms with Gasteiger partial charge in [0.05, 0.1) is 29.9 Å². The second-order valence-electron chi connectivity index (χ2n) is 6.81. The molecule has 1 saturated heterocycles.